The smallest absolute Gasteiger partial charge is 0.249 e. The Hall–Kier alpha value is -2.30. The van der Waals surface area contributed by atoms with Crippen molar-refractivity contribution in [1.29, 1.82) is 0 Å². The number of rotatable bonds is 3. The first-order chi connectivity index (χ1) is 11.9. The summed E-state index contributed by atoms with van der Waals surface area (Å²) in [4.78, 5) is 0. The first-order valence-electron chi connectivity index (χ1n) is 8.49. The summed E-state index contributed by atoms with van der Waals surface area (Å²) in [5, 5.41) is 5.74. The Kier molecular flexibility index (Phi) is 3.63. The number of anilines is 1. The summed E-state index contributed by atoms with van der Waals surface area (Å²) in [5.74, 6) is -0.405. The molecule has 0 saturated heterocycles. The van der Waals surface area contributed by atoms with Gasteiger partial charge in [-0.15, -0.1) is 0 Å². The number of nitrogens with zero attached hydrogens (tertiary/aromatic N) is 2. The number of hydrazone groups is 1. The zero-order valence-electron chi connectivity index (χ0n) is 13.9. The molecule has 0 amide bonds. The van der Waals surface area contributed by atoms with E-state index in [2.05, 4.69) is 5.10 Å². The fourth-order valence-corrected chi connectivity index (χ4v) is 3.81. The zero-order valence-corrected chi connectivity index (χ0v) is 13.9. The average molecular weight is 344 g/mol. The number of halogens is 3. The van der Waals surface area contributed by atoms with Crippen LogP contribution in [0.5, 0.6) is 0 Å². The molecule has 4 rings (SSSR count). The first kappa shape index (κ1) is 16.2. The van der Waals surface area contributed by atoms with Crippen LogP contribution in [0.1, 0.15) is 30.4 Å². The molecule has 1 saturated carbocycles. The number of benzene rings is 2. The van der Waals surface area contributed by atoms with Crippen molar-refractivity contribution in [3.05, 3.63) is 65.7 Å². The van der Waals surface area contributed by atoms with Crippen LogP contribution in [0.3, 0.4) is 0 Å². The second kappa shape index (κ2) is 5.61. The van der Waals surface area contributed by atoms with Crippen molar-refractivity contribution >= 4 is 11.4 Å². The monoisotopic (exact) mass is 344 g/mol. The van der Waals surface area contributed by atoms with E-state index >= 15 is 0 Å². The Morgan fingerprint density at radius 2 is 1.64 bits per heavy atom. The van der Waals surface area contributed by atoms with Crippen molar-refractivity contribution < 1.29 is 13.2 Å². The Balaban J connectivity index is 1.87. The molecule has 2 aromatic carbocycles. The van der Waals surface area contributed by atoms with Crippen molar-refractivity contribution in [2.45, 2.75) is 37.9 Å². The van der Waals surface area contributed by atoms with Gasteiger partial charge in [0.25, 0.3) is 0 Å². The van der Waals surface area contributed by atoms with Gasteiger partial charge in [-0.25, -0.2) is 5.01 Å². The van der Waals surface area contributed by atoms with Crippen molar-refractivity contribution in [2.75, 3.05) is 5.01 Å². The molecule has 0 N–H and O–H groups in total. The molecule has 130 valence electrons. The van der Waals surface area contributed by atoms with E-state index in [-0.39, 0.29) is 6.42 Å². The molecular weight excluding hydrogens is 325 g/mol. The van der Waals surface area contributed by atoms with E-state index in [9.17, 15) is 13.2 Å². The van der Waals surface area contributed by atoms with Crippen LogP contribution in [-0.4, -0.2) is 17.4 Å². The molecule has 1 heterocycles. The molecule has 0 radical (unpaired) electrons. The number of hydrogen-bond donors (Lipinski definition) is 0. The standard InChI is InChI=1S/C20H19F3N2/c1-14-7-5-6-10-17(14)18-13-19(15-11-12-15,20(21,22)23)25(24-18)16-8-3-2-4-9-16/h2-10,15H,11-13H2,1H3. The lowest BCUT2D eigenvalue weighted by atomic mass is 9.84. The number of para-hydroxylation sites is 1. The van der Waals surface area contributed by atoms with Crippen LogP contribution in [-0.2, 0) is 0 Å². The molecular formula is C20H19F3N2. The van der Waals surface area contributed by atoms with Crippen molar-refractivity contribution in [3.63, 3.8) is 0 Å². The van der Waals surface area contributed by atoms with Gasteiger partial charge in [0.2, 0.25) is 0 Å². The van der Waals surface area contributed by atoms with E-state index in [0.717, 1.165) is 11.1 Å². The number of hydrogen-bond acceptors (Lipinski definition) is 2. The Bertz CT molecular complexity index is 809. The molecule has 1 aliphatic carbocycles. The molecule has 5 heteroatoms. The summed E-state index contributed by atoms with van der Waals surface area (Å²) >= 11 is 0. The third-order valence-electron chi connectivity index (χ3n) is 5.24. The minimum atomic E-state index is -4.35. The van der Waals surface area contributed by atoms with Crippen LogP contribution < -0.4 is 5.01 Å². The maximum Gasteiger partial charge on any atom is 0.414 e. The molecule has 25 heavy (non-hydrogen) atoms. The Labute approximate surface area is 145 Å². The summed E-state index contributed by atoms with van der Waals surface area (Å²) in [6.07, 6.45) is -3.25. The summed E-state index contributed by atoms with van der Waals surface area (Å²) in [5.41, 5.74) is 0.825. The molecule has 2 aliphatic rings. The summed E-state index contributed by atoms with van der Waals surface area (Å²) in [6.45, 7) is 1.91. The lowest BCUT2D eigenvalue weighted by Gasteiger charge is -2.39. The summed E-state index contributed by atoms with van der Waals surface area (Å²) in [6, 6.07) is 16.2. The van der Waals surface area contributed by atoms with Crippen molar-refractivity contribution in [1.82, 2.24) is 0 Å². The van der Waals surface area contributed by atoms with E-state index in [4.69, 9.17) is 0 Å². The van der Waals surface area contributed by atoms with Crippen molar-refractivity contribution in [2.24, 2.45) is 11.0 Å². The summed E-state index contributed by atoms with van der Waals surface area (Å²) < 4.78 is 43.0. The minimum absolute atomic E-state index is 0.0963. The maximum absolute atomic E-state index is 14.3. The zero-order chi connectivity index (χ0) is 17.7. The lowest BCUT2D eigenvalue weighted by Crippen LogP contribution is -2.57. The normalized spacial score (nSPS) is 23.7. The summed E-state index contributed by atoms with van der Waals surface area (Å²) in [7, 11) is 0. The third-order valence-corrected chi connectivity index (χ3v) is 5.24. The molecule has 0 bridgehead atoms. The van der Waals surface area contributed by atoms with Gasteiger partial charge in [0, 0.05) is 12.0 Å². The second-order valence-corrected chi connectivity index (χ2v) is 6.88. The van der Waals surface area contributed by atoms with Crippen LogP contribution in [0.2, 0.25) is 0 Å². The number of aryl methyl sites for hydroxylation is 1. The van der Waals surface area contributed by atoms with Crippen LogP contribution in [0, 0.1) is 12.8 Å². The largest absolute Gasteiger partial charge is 0.414 e. The second-order valence-electron chi connectivity index (χ2n) is 6.88. The van der Waals surface area contributed by atoms with Gasteiger partial charge in [-0.05, 0) is 43.4 Å². The third kappa shape index (κ3) is 2.53. The van der Waals surface area contributed by atoms with Gasteiger partial charge < -0.3 is 0 Å². The van der Waals surface area contributed by atoms with Gasteiger partial charge in [-0.3, -0.25) is 0 Å². The highest BCUT2D eigenvalue weighted by molar-refractivity contribution is 6.05. The predicted molar refractivity (Wildman–Crippen MR) is 92.8 cm³/mol. The fraction of sp³-hybridized carbons (Fsp3) is 0.350. The first-order valence-corrected chi connectivity index (χ1v) is 8.49. The highest BCUT2D eigenvalue weighted by Gasteiger charge is 2.68. The Morgan fingerprint density at radius 1 is 1.00 bits per heavy atom. The average Bonchev–Trinajstić information content (AvgIpc) is 3.35. The molecule has 0 spiro atoms. The van der Waals surface area contributed by atoms with E-state index in [0.29, 0.717) is 24.2 Å². The highest BCUT2D eigenvalue weighted by Crippen LogP contribution is 2.57. The van der Waals surface area contributed by atoms with Crippen LogP contribution in [0.4, 0.5) is 18.9 Å². The fourth-order valence-electron chi connectivity index (χ4n) is 3.81. The maximum atomic E-state index is 14.3. The predicted octanol–water partition coefficient (Wildman–Crippen LogP) is 5.32. The molecule has 2 aromatic rings. The van der Waals surface area contributed by atoms with E-state index in [1.807, 2.05) is 31.2 Å². The van der Waals surface area contributed by atoms with Gasteiger partial charge in [-0.1, -0.05) is 42.5 Å². The van der Waals surface area contributed by atoms with Gasteiger partial charge in [0.1, 0.15) is 0 Å². The van der Waals surface area contributed by atoms with E-state index in [1.54, 1.807) is 30.3 Å². The minimum Gasteiger partial charge on any atom is -0.249 e. The van der Waals surface area contributed by atoms with Gasteiger partial charge >= 0.3 is 6.18 Å². The highest BCUT2D eigenvalue weighted by atomic mass is 19.4. The molecule has 2 nitrogen and oxygen atoms in total. The van der Waals surface area contributed by atoms with E-state index in [1.165, 1.54) is 5.01 Å². The van der Waals surface area contributed by atoms with Crippen molar-refractivity contribution in [3.8, 4) is 0 Å². The number of alkyl halides is 3. The molecule has 0 aromatic heterocycles. The van der Waals surface area contributed by atoms with Crippen LogP contribution in [0.15, 0.2) is 59.7 Å². The lowest BCUT2D eigenvalue weighted by molar-refractivity contribution is -0.189. The van der Waals surface area contributed by atoms with Crippen LogP contribution in [0.25, 0.3) is 0 Å². The quantitative estimate of drug-likeness (QED) is 0.736. The SMILES string of the molecule is Cc1ccccc1C1=NN(c2ccccc2)C(C2CC2)(C(F)(F)F)C1. The van der Waals surface area contributed by atoms with Gasteiger partial charge in [-0.2, -0.15) is 18.3 Å². The molecule has 1 fully saturated rings. The molecule has 1 aliphatic heterocycles. The van der Waals surface area contributed by atoms with Gasteiger partial charge in [0.15, 0.2) is 5.54 Å². The Morgan fingerprint density at radius 3 is 2.24 bits per heavy atom. The topological polar surface area (TPSA) is 15.6 Å². The molecule has 1 atom stereocenters. The van der Waals surface area contributed by atoms with Gasteiger partial charge in [0.05, 0.1) is 11.4 Å². The molecule has 1 unspecified atom stereocenters. The van der Waals surface area contributed by atoms with Crippen LogP contribution >= 0.6 is 0 Å². The van der Waals surface area contributed by atoms with E-state index < -0.39 is 17.6 Å².